The van der Waals surface area contributed by atoms with Gasteiger partial charge in [0.2, 0.25) is 5.91 Å². The lowest BCUT2D eigenvalue weighted by molar-refractivity contribution is -0.116. The van der Waals surface area contributed by atoms with E-state index < -0.39 is 0 Å². The molecule has 0 spiro atoms. The average Bonchev–Trinajstić information content (AvgIpc) is 2.61. The second kappa shape index (κ2) is 4.32. The predicted molar refractivity (Wildman–Crippen MR) is 63.0 cm³/mol. The summed E-state index contributed by atoms with van der Waals surface area (Å²) >= 11 is 0. The fraction of sp³-hybridized carbons (Fsp3) is 0.273. The van der Waals surface area contributed by atoms with Crippen LogP contribution >= 0.6 is 0 Å². The lowest BCUT2D eigenvalue weighted by atomic mass is 10.2. The molecule has 1 heterocycles. The Kier molecular flexibility index (Phi) is 2.87. The number of nitrogens with zero attached hydrogens (tertiary/aromatic N) is 2. The molecule has 1 amide bonds. The van der Waals surface area contributed by atoms with E-state index in [4.69, 9.17) is 5.73 Å². The minimum atomic E-state index is -0.0657. The summed E-state index contributed by atoms with van der Waals surface area (Å²) in [6.07, 6.45) is 2.13. The van der Waals surface area contributed by atoms with Crippen LogP contribution in [0.4, 0.5) is 5.69 Å². The van der Waals surface area contributed by atoms with E-state index in [1.807, 2.05) is 25.2 Å². The number of hydrogen-bond acceptors (Lipinski definition) is 3. The van der Waals surface area contributed by atoms with Crippen LogP contribution in [0.15, 0.2) is 24.4 Å². The highest BCUT2D eigenvalue weighted by molar-refractivity contribution is 5.93. The number of fused-ring (bicyclic) bond motifs is 1. The Hall–Kier alpha value is -1.88. The van der Waals surface area contributed by atoms with Gasteiger partial charge in [0.25, 0.3) is 0 Å². The third-order valence-electron chi connectivity index (χ3n) is 2.40. The molecule has 0 aliphatic heterocycles. The molecule has 3 N–H and O–H groups in total. The van der Waals surface area contributed by atoms with Crippen molar-refractivity contribution in [2.75, 3.05) is 11.9 Å². The lowest BCUT2D eigenvalue weighted by Crippen LogP contribution is -2.16. The van der Waals surface area contributed by atoms with Gasteiger partial charge in [-0.05, 0) is 18.2 Å². The smallest absolute Gasteiger partial charge is 0.225 e. The van der Waals surface area contributed by atoms with E-state index >= 15 is 0 Å². The average molecular weight is 218 g/mol. The molecule has 0 unspecified atom stereocenters. The first-order valence-corrected chi connectivity index (χ1v) is 5.12. The van der Waals surface area contributed by atoms with Crippen molar-refractivity contribution in [3.05, 3.63) is 24.4 Å². The van der Waals surface area contributed by atoms with Gasteiger partial charge in [0.1, 0.15) is 0 Å². The van der Waals surface area contributed by atoms with Gasteiger partial charge in [0.05, 0.1) is 11.7 Å². The molecule has 5 heteroatoms. The molecule has 1 aromatic carbocycles. The molecular formula is C11H14N4O. The van der Waals surface area contributed by atoms with E-state index in [2.05, 4.69) is 10.4 Å². The number of anilines is 1. The van der Waals surface area contributed by atoms with Crippen molar-refractivity contribution < 1.29 is 4.79 Å². The molecule has 0 bridgehead atoms. The number of nitrogens with two attached hydrogens (primary N) is 1. The number of aryl methyl sites for hydroxylation is 1. The number of carbonyl (C=O) groups is 1. The fourth-order valence-electron chi connectivity index (χ4n) is 1.58. The number of nitrogens with one attached hydrogen (secondary N) is 1. The second-order valence-electron chi connectivity index (χ2n) is 3.63. The summed E-state index contributed by atoms with van der Waals surface area (Å²) in [7, 11) is 1.87. The molecule has 1 aromatic heterocycles. The fourth-order valence-corrected chi connectivity index (χ4v) is 1.58. The maximum atomic E-state index is 11.4. The van der Waals surface area contributed by atoms with E-state index in [1.54, 1.807) is 10.9 Å². The van der Waals surface area contributed by atoms with Gasteiger partial charge in [-0.3, -0.25) is 9.48 Å². The summed E-state index contributed by atoms with van der Waals surface area (Å²) < 4.78 is 1.77. The van der Waals surface area contributed by atoms with Crippen LogP contribution in [0.25, 0.3) is 10.9 Å². The number of aromatic nitrogens is 2. The molecule has 2 aromatic rings. The van der Waals surface area contributed by atoms with E-state index in [0.29, 0.717) is 13.0 Å². The highest BCUT2D eigenvalue weighted by atomic mass is 16.1. The quantitative estimate of drug-likeness (QED) is 0.802. The van der Waals surface area contributed by atoms with Crippen molar-refractivity contribution in [2.45, 2.75) is 6.42 Å². The zero-order chi connectivity index (χ0) is 11.5. The highest BCUT2D eigenvalue weighted by Crippen LogP contribution is 2.18. The monoisotopic (exact) mass is 218 g/mol. The number of hydrogen-bond donors (Lipinski definition) is 2. The zero-order valence-corrected chi connectivity index (χ0v) is 9.10. The molecule has 84 valence electrons. The summed E-state index contributed by atoms with van der Waals surface area (Å²) in [6.45, 7) is 0.361. The van der Waals surface area contributed by atoms with Crippen molar-refractivity contribution in [1.82, 2.24) is 9.78 Å². The zero-order valence-electron chi connectivity index (χ0n) is 9.10. The first-order valence-electron chi connectivity index (χ1n) is 5.12. The maximum absolute atomic E-state index is 11.4. The lowest BCUT2D eigenvalue weighted by Gasteiger charge is -2.04. The predicted octanol–water partition coefficient (Wildman–Crippen LogP) is 0.861. The van der Waals surface area contributed by atoms with Crippen LogP contribution < -0.4 is 11.1 Å². The largest absolute Gasteiger partial charge is 0.330 e. The molecule has 0 saturated heterocycles. The van der Waals surface area contributed by atoms with Crippen LogP contribution in [0.1, 0.15) is 6.42 Å². The normalized spacial score (nSPS) is 10.6. The Balaban J connectivity index is 2.25. The Morgan fingerprint density at radius 2 is 2.38 bits per heavy atom. The first kappa shape index (κ1) is 10.6. The summed E-state index contributed by atoms with van der Waals surface area (Å²) in [6, 6.07) is 5.69. The van der Waals surface area contributed by atoms with Gasteiger partial charge in [0, 0.05) is 31.1 Å². The molecule has 0 aliphatic rings. The maximum Gasteiger partial charge on any atom is 0.225 e. The second-order valence-corrected chi connectivity index (χ2v) is 3.63. The van der Waals surface area contributed by atoms with Gasteiger partial charge in [-0.15, -0.1) is 0 Å². The molecule has 0 aliphatic carbocycles. The minimum absolute atomic E-state index is 0.0657. The molecule has 0 atom stereocenters. The van der Waals surface area contributed by atoms with E-state index in [9.17, 15) is 4.79 Å². The topological polar surface area (TPSA) is 72.9 Å². The van der Waals surface area contributed by atoms with E-state index in [1.165, 1.54) is 0 Å². The van der Waals surface area contributed by atoms with E-state index in [0.717, 1.165) is 16.6 Å². The number of rotatable bonds is 3. The third-order valence-corrected chi connectivity index (χ3v) is 2.40. The number of amides is 1. The molecule has 0 fully saturated rings. The summed E-state index contributed by atoms with van der Waals surface area (Å²) in [5.41, 5.74) is 7.07. The van der Waals surface area contributed by atoms with Gasteiger partial charge in [0.15, 0.2) is 0 Å². The molecule has 2 rings (SSSR count). The van der Waals surface area contributed by atoms with Crippen molar-refractivity contribution >= 4 is 22.5 Å². The van der Waals surface area contributed by atoms with Crippen LogP contribution in [0.5, 0.6) is 0 Å². The SMILES string of the molecule is Cn1ncc2ccc(NC(=O)CCN)cc21. The third kappa shape index (κ3) is 2.04. The Morgan fingerprint density at radius 1 is 1.56 bits per heavy atom. The summed E-state index contributed by atoms with van der Waals surface area (Å²) in [5.74, 6) is -0.0657. The van der Waals surface area contributed by atoms with Crippen LogP contribution in [0.2, 0.25) is 0 Å². The van der Waals surface area contributed by atoms with Crippen molar-refractivity contribution in [3.63, 3.8) is 0 Å². The van der Waals surface area contributed by atoms with Crippen LogP contribution in [0.3, 0.4) is 0 Å². The molecule has 5 nitrogen and oxygen atoms in total. The number of carbonyl (C=O) groups excluding carboxylic acids is 1. The standard InChI is InChI=1S/C11H14N4O/c1-15-10-6-9(14-11(16)4-5-12)3-2-8(10)7-13-15/h2-3,6-7H,4-5,12H2,1H3,(H,14,16). The first-order chi connectivity index (χ1) is 7.70. The molecule has 16 heavy (non-hydrogen) atoms. The Morgan fingerprint density at radius 3 is 3.12 bits per heavy atom. The molecular weight excluding hydrogens is 204 g/mol. The Bertz CT molecular complexity index is 518. The van der Waals surface area contributed by atoms with Crippen molar-refractivity contribution in [2.24, 2.45) is 12.8 Å². The van der Waals surface area contributed by atoms with Gasteiger partial charge >= 0.3 is 0 Å². The minimum Gasteiger partial charge on any atom is -0.330 e. The summed E-state index contributed by atoms with van der Waals surface area (Å²) in [5, 5.41) is 7.98. The van der Waals surface area contributed by atoms with Crippen molar-refractivity contribution in [3.8, 4) is 0 Å². The summed E-state index contributed by atoms with van der Waals surface area (Å²) in [4.78, 5) is 11.4. The van der Waals surface area contributed by atoms with E-state index in [-0.39, 0.29) is 5.91 Å². The number of benzene rings is 1. The van der Waals surface area contributed by atoms with Gasteiger partial charge in [-0.25, -0.2) is 0 Å². The Labute approximate surface area is 93.2 Å². The van der Waals surface area contributed by atoms with Gasteiger partial charge in [-0.2, -0.15) is 5.10 Å². The van der Waals surface area contributed by atoms with Crippen LogP contribution in [-0.4, -0.2) is 22.2 Å². The van der Waals surface area contributed by atoms with Crippen molar-refractivity contribution in [1.29, 1.82) is 0 Å². The molecule has 0 saturated carbocycles. The van der Waals surface area contributed by atoms with Gasteiger partial charge in [-0.1, -0.05) is 0 Å². The molecule has 0 radical (unpaired) electrons. The van der Waals surface area contributed by atoms with Gasteiger partial charge < -0.3 is 11.1 Å². The highest BCUT2D eigenvalue weighted by Gasteiger charge is 2.03. The van der Waals surface area contributed by atoms with Crippen LogP contribution in [-0.2, 0) is 11.8 Å². The van der Waals surface area contributed by atoms with Crippen LogP contribution in [0, 0.1) is 0 Å².